The van der Waals surface area contributed by atoms with Crippen LogP contribution in [0.1, 0.15) is 35.7 Å². The third-order valence-corrected chi connectivity index (χ3v) is 5.50. The van der Waals surface area contributed by atoms with Crippen LogP contribution in [0, 0.1) is 13.8 Å². The molecule has 2 N–H and O–H groups in total. The van der Waals surface area contributed by atoms with E-state index in [1.165, 1.54) is 0 Å². The fourth-order valence-electron chi connectivity index (χ4n) is 3.75. The average molecular weight is 432 g/mol. The molecule has 8 nitrogen and oxygen atoms in total. The van der Waals surface area contributed by atoms with E-state index < -0.39 is 0 Å². The third kappa shape index (κ3) is 3.99. The first-order valence-electron chi connectivity index (χ1n) is 10.3. The van der Waals surface area contributed by atoms with Gasteiger partial charge in [0.2, 0.25) is 5.91 Å². The summed E-state index contributed by atoms with van der Waals surface area (Å²) in [5.74, 6) is 1.09. The molecule has 0 bridgehead atoms. The molecule has 4 aromatic rings. The second kappa shape index (κ2) is 8.66. The van der Waals surface area contributed by atoms with Crippen LogP contribution in [0.4, 0.5) is 0 Å². The van der Waals surface area contributed by atoms with Gasteiger partial charge in [0.15, 0.2) is 0 Å². The van der Waals surface area contributed by atoms with Crippen LogP contribution in [0.25, 0.3) is 22.0 Å². The smallest absolute Gasteiger partial charge is 0.258 e. The Labute approximate surface area is 184 Å². The highest BCUT2D eigenvalue weighted by molar-refractivity contribution is 5.89. The van der Waals surface area contributed by atoms with Gasteiger partial charge < -0.3 is 19.6 Å². The van der Waals surface area contributed by atoms with Crippen LogP contribution in [-0.2, 0) is 11.3 Å². The van der Waals surface area contributed by atoms with Crippen LogP contribution in [0.2, 0.25) is 0 Å². The first-order chi connectivity index (χ1) is 15.4. The third-order valence-electron chi connectivity index (χ3n) is 5.50. The van der Waals surface area contributed by atoms with Crippen LogP contribution in [0.15, 0.2) is 51.8 Å². The summed E-state index contributed by atoms with van der Waals surface area (Å²) in [4.78, 5) is 32.6. The lowest BCUT2D eigenvalue weighted by Gasteiger charge is -2.13. The summed E-state index contributed by atoms with van der Waals surface area (Å²) >= 11 is 0. The van der Waals surface area contributed by atoms with Gasteiger partial charge in [-0.15, -0.1) is 0 Å². The number of carbonyl (C=O) groups is 1. The number of nitrogens with zero attached hydrogens (tertiary/aromatic N) is 2. The summed E-state index contributed by atoms with van der Waals surface area (Å²) in [5, 5.41) is 7.24. The molecule has 2 aromatic heterocycles. The van der Waals surface area contributed by atoms with E-state index in [2.05, 4.69) is 20.4 Å². The highest BCUT2D eigenvalue weighted by Gasteiger charge is 2.19. The van der Waals surface area contributed by atoms with E-state index in [0.29, 0.717) is 39.5 Å². The van der Waals surface area contributed by atoms with Gasteiger partial charge in [0.25, 0.3) is 5.56 Å². The molecule has 0 saturated heterocycles. The highest BCUT2D eigenvalue weighted by atomic mass is 16.5. The van der Waals surface area contributed by atoms with E-state index in [1.807, 2.05) is 51.1 Å². The lowest BCUT2D eigenvalue weighted by molar-refractivity contribution is -0.122. The number of aromatic amines is 1. The predicted octanol–water partition coefficient (Wildman–Crippen LogP) is 3.62. The molecule has 1 atom stereocenters. The van der Waals surface area contributed by atoms with Crippen molar-refractivity contribution in [2.24, 2.45) is 0 Å². The number of aromatic nitrogens is 3. The number of methoxy groups -OCH3 is 1. The van der Waals surface area contributed by atoms with E-state index in [9.17, 15) is 9.59 Å². The van der Waals surface area contributed by atoms with Crippen molar-refractivity contribution in [3.63, 3.8) is 0 Å². The normalized spacial score (nSPS) is 12.0. The highest BCUT2D eigenvalue weighted by Crippen LogP contribution is 2.36. The van der Waals surface area contributed by atoms with Crippen molar-refractivity contribution in [2.45, 2.75) is 33.2 Å². The summed E-state index contributed by atoms with van der Waals surface area (Å²) in [5.41, 5.74) is 3.29. The number of rotatable bonds is 6. The van der Waals surface area contributed by atoms with E-state index >= 15 is 0 Å². The molecule has 1 unspecified atom stereocenters. The maximum Gasteiger partial charge on any atom is 0.258 e. The number of hydrogen-bond acceptors (Lipinski definition) is 6. The second-order valence-corrected chi connectivity index (χ2v) is 7.63. The molecule has 0 radical (unpaired) electrons. The van der Waals surface area contributed by atoms with Gasteiger partial charge in [0.1, 0.15) is 17.3 Å². The standard InChI is InChI=1S/C24H24N4O4/c1-13(16-8-6-5-7-9-16)23(29)25-12-21-26-19-11-20(31-4)18(10-17(19)24(30)27-21)22-14(2)28-32-15(22)3/h5-11,13H,12H2,1-4H3,(H,25,29)(H,26,27,30). The van der Waals surface area contributed by atoms with E-state index in [1.54, 1.807) is 19.2 Å². The monoisotopic (exact) mass is 432 g/mol. The average Bonchev–Trinajstić information content (AvgIpc) is 3.14. The number of fused-ring (bicyclic) bond motifs is 1. The number of ether oxygens (including phenoxy) is 1. The topological polar surface area (TPSA) is 110 Å². The molecule has 0 saturated carbocycles. The second-order valence-electron chi connectivity index (χ2n) is 7.63. The lowest BCUT2D eigenvalue weighted by atomic mass is 10.0. The van der Waals surface area contributed by atoms with E-state index in [0.717, 1.165) is 11.1 Å². The molecule has 0 fully saturated rings. The van der Waals surface area contributed by atoms with Crippen molar-refractivity contribution < 1.29 is 14.1 Å². The molecule has 164 valence electrons. The summed E-state index contributed by atoms with van der Waals surface area (Å²) in [6, 6.07) is 12.9. The van der Waals surface area contributed by atoms with Crippen molar-refractivity contribution in [3.05, 3.63) is 75.7 Å². The molecular formula is C24H24N4O4. The van der Waals surface area contributed by atoms with E-state index in [-0.39, 0.29) is 23.9 Å². The summed E-state index contributed by atoms with van der Waals surface area (Å²) in [6.45, 7) is 5.58. The zero-order chi connectivity index (χ0) is 22.8. The zero-order valence-electron chi connectivity index (χ0n) is 18.4. The van der Waals surface area contributed by atoms with Gasteiger partial charge in [-0.3, -0.25) is 9.59 Å². The fourth-order valence-corrected chi connectivity index (χ4v) is 3.75. The number of nitrogens with one attached hydrogen (secondary N) is 2. The maximum atomic E-state index is 12.8. The number of carbonyl (C=O) groups excluding carboxylic acids is 1. The summed E-state index contributed by atoms with van der Waals surface area (Å²) < 4.78 is 10.8. The van der Waals surface area contributed by atoms with Gasteiger partial charge in [-0.05, 0) is 32.4 Å². The van der Waals surface area contributed by atoms with Gasteiger partial charge in [-0.1, -0.05) is 35.5 Å². The van der Waals surface area contributed by atoms with Crippen LogP contribution in [0.5, 0.6) is 5.75 Å². The minimum Gasteiger partial charge on any atom is -0.496 e. The van der Waals surface area contributed by atoms with Crippen LogP contribution >= 0.6 is 0 Å². The number of hydrogen-bond donors (Lipinski definition) is 2. The van der Waals surface area contributed by atoms with Gasteiger partial charge >= 0.3 is 0 Å². The van der Waals surface area contributed by atoms with Crippen molar-refractivity contribution in [1.82, 2.24) is 20.4 Å². The molecule has 2 heterocycles. The first-order valence-corrected chi connectivity index (χ1v) is 10.3. The molecule has 2 aromatic carbocycles. The molecule has 1 amide bonds. The van der Waals surface area contributed by atoms with Crippen LogP contribution in [-0.4, -0.2) is 28.1 Å². The predicted molar refractivity (Wildman–Crippen MR) is 121 cm³/mol. The van der Waals surface area contributed by atoms with Crippen molar-refractivity contribution >= 4 is 16.8 Å². The van der Waals surface area contributed by atoms with Crippen molar-refractivity contribution in [2.75, 3.05) is 7.11 Å². The van der Waals surface area contributed by atoms with Gasteiger partial charge in [-0.2, -0.15) is 0 Å². The minimum atomic E-state index is -0.318. The number of aryl methyl sites for hydroxylation is 2. The van der Waals surface area contributed by atoms with E-state index in [4.69, 9.17) is 9.26 Å². The Morgan fingerprint density at radius 3 is 2.62 bits per heavy atom. The van der Waals surface area contributed by atoms with Gasteiger partial charge in [0, 0.05) is 11.6 Å². The fraction of sp³-hybridized carbons (Fsp3) is 0.250. The molecule has 0 aliphatic carbocycles. The van der Waals surface area contributed by atoms with Crippen LogP contribution in [0.3, 0.4) is 0 Å². The number of H-pyrrole nitrogens is 1. The molecule has 0 aliphatic rings. The molecule has 32 heavy (non-hydrogen) atoms. The molecule has 4 rings (SSSR count). The quantitative estimate of drug-likeness (QED) is 0.481. The Balaban J connectivity index is 1.63. The molecule has 0 aliphatic heterocycles. The molecular weight excluding hydrogens is 408 g/mol. The Kier molecular flexibility index (Phi) is 5.77. The molecule has 0 spiro atoms. The SMILES string of the molecule is COc1cc2nc(CNC(=O)C(C)c3ccccc3)[nH]c(=O)c2cc1-c1c(C)noc1C. The van der Waals surface area contributed by atoms with Crippen molar-refractivity contribution in [3.8, 4) is 16.9 Å². The van der Waals surface area contributed by atoms with Crippen molar-refractivity contribution in [1.29, 1.82) is 0 Å². The summed E-state index contributed by atoms with van der Waals surface area (Å²) in [6.07, 6.45) is 0. The lowest BCUT2D eigenvalue weighted by Crippen LogP contribution is -2.29. The number of amides is 1. The van der Waals surface area contributed by atoms with Gasteiger partial charge in [-0.25, -0.2) is 4.98 Å². The minimum absolute atomic E-state index is 0.106. The first kappa shape index (κ1) is 21.3. The van der Waals surface area contributed by atoms with Crippen LogP contribution < -0.4 is 15.6 Å². The van der Waals surface area contributed by atoms with Gasteiger partial charge in [0.05, 0.1) is 41.7 Å². The molecule has 8 heteroatoms. The number of benzene rings is 2. The Bertz CT molecular complexity index is 1320. The maximum absolute atomic E-state index is 12.8. The Morgan fingerprint density at radius 1 is 1.22 bits per heavy atom. The Morgan fingerprint density at radius 2 is 1.97 bits per heavy atom. The largest absolute Gasteiger partial charge is 0.496 e. The zero-order valence-corrected chi connectivity index (χ0v) is 18.4. The Hall–Kier alpha value is -3.94. The summed E-state index contributed by atoms with van der Waals surface area (Å²) in [7, 11) is 1.56.